The Morgan fingerprint density at radius 2 is 2.25 bits per heavy atom. The van der Waals surface area contributed by atoms with Gasteiger partial charge in [0.1, 0.15) is 0 Å². The van der Waals surface area contributed by atoms with Crippen molar-refractivity contribution in [3.63, 3.8) is 0 Å². The highest BCUT2D eigenvalue weighted by Crippen LogP contribution is 2.24. The number of thiophene rings is 1. The Hall–Kier alpha value is -0.380. The minimum atomic E-state index is 0.430. The molecule has 16 heavy (non-hydrogen) atoms. The van der Waals surface area contributed by atoms with Crippen molar-refractivity contribution in [1.82, 2.24) is 4.90 Å². The van der Waals surface area contributed by atoms with Crippen LogP contribution in [-0.2, 0) is 6.54 Å². The molecule has 1 aromatic heterocycles. The summed E-state index contributed by atoms with van der Waals surface area (Å²) in [5.41, 5.74) is 6.18. The molecule has 3 heteroatoms. The third-order valence-corrected chi connectivity index (χ3v) is 4.38. The Labute approximate surface area is 102 Å². The zero-order chi connectivity index (χ0) is 11.4. The van der Waals surface area contributed by atoms with Gasteiger partial charge in [-0.1, -0.05) is 18.9 Å². The molecule has 0 spiro atoms. The lowest BCUT2D eigenvalue weighted by molar-refractivity contribution is 0.207. The maximum absolute atomic E-state index is 6.18. The number of nitrogens with two attached hydrogens (primary N) is 1. The average molecular weight is 238 g/mol. The largest absolute Gasteiger partial charge is 0.327 e. The van der Waals surface area contributed by atoms with Crippen LogP contribution in [0.4, 0.5) is 0 Å². The molecule has 0 radical (unpaired) electrons. The van der Waals surface area contributed by atoms with Gasteiger partial charge in [-0.2, -0.15) is 0 Å². The third kappa shape index (κ3) is 3.30. The Balaban J connectivity index is 1.79. The van der Waals surface area contributed by atoms with Crippen LogP contribution in [0.2, 0.25) is 0 Å². The van der Waals surface area contributed by atoms with E-state index in [2.05, 4.69) is 29.5 Å². The van der Waals surface area contributed by atoms with E-state index in [9.17, 15) is 0 Å². The molecule has 1 heterocycles. The second-order valence-corrected chi connectivity index (χ2v) is 6.02. The maximum Gasteiger partial charge on any atom is 0.0324 e. The fraction of sp³-hybridized carbons (Fsp3) is 0.692. The standard InChI is InChI=1S/C13H22N2S/c1-15(10-12-6-4-8-16-12)9-11-5-2-3-7-13(11)14/h4,6,8,11,13H,2-3,5,7,9-10,14H2,1H3. The Bertz CT molecular complexity index is 297. The van der Waals surface area contributed by atoms with E-state index < -0.39 is 0 Å². The van der Waals surface area contributed by atoms with Crippen molar-refractivity contribution in [2.24, 2.45) is 11.7 Å². The normalized spacial score (nSPS) is 26.2. The van der Waals surface area contributed by atoms with Crippen molar-refractivity contribution >= 4 is 11.3 Å². The van der Waals surface area contributed by atoms with Crippen LogP contribution in [0.3, 0.4) is 0 Å². The number of nitrogens with zero attached hydrogens (tertiary/aromatic N) is 1. The van der Waals surface area contributed by atoms with E-state index in [0.717, 1.165) is 13.1 Å². The average Bonchev–Trinajstić information content (AvgIpc) is 2.74. The second-order valence-electron chi connectivity index (χ2n) is 4.98. The predicted octanol–water partition coefficient (Wildman–Crippen LogP) is 2.70. The highest BCUT2D eigenvalue weighted by molar-refractivity contribution is 7.09. The molecule has 2 rings (SSSR count). The van der Waals surface area contributed by atoms with Gasteiger partial charge in [0.2, 0.25) is 0 Å². The summed E-state index contributed by atoms with van der Waals surface area (Å²) in [6.07, 6.45) is 5.23. The molecule has 1 saturated carbocycles. The molecule has 1 aromatic rings. The van der Waals surface area contributed by atoms with E-state index in [1.165, 1.54) is 30.6 Å². The van der Waals surface area contributed by atoms with Gasteiger partial charge in [-0.3, -0.25) is 0 Å². The molecule has 2 atom stereocenters. The van der Waals surface area contributed by atoms with Crippen molar-refractivity contribution in [2.45, 2.75) is 38.3 Å². The Morgan fingerprint density at radius 1 is 1.44 bits per heavy atom. The van der Waals surface area contributed by atoms with Gasteiger partial charge in [0.05, 0.1) is 0 Å². The van der Waals surface area contributed by atoms with Crippen molar-refractivity contribution < 1.29 is 0 Å². The van der Waals surface area contributed by atoms with E-state index in [1.54, 1.807) is 0 Å². The lowest BCUT2D eigenvalue weighted by Gasteiger charge is -2.31. The first-order valence-electron chi connectivity index (χ1n) is 6.22. The van der Waals surface area contributed by atoms with Crippen LogP contribution >= 0.6 is 11.3 Å². The van der Waals surface area contributed by atoms with Crippen LogP contribution in [0.1, 0.15) is 30.6 Å². The van der Waals surface area contributed by atoms with Gasteiger partial charge in [0, 0.05) is 24.0 Å². The molecule has 0 saturated heterocycles. The Kier molecular flexibility index (Phi) is 4.38. The predicted molar refractivity (Wildman–Crippen MR) is 70.6 cm³/mol. The smallest absolute Gasteiger partial charge is 0.0324 e. The maximum atomic E-state index is 6.18. The molecular weight excluding hydrogens is 216 g/mol. The number of hydrogen-bond acceptors (Lipinski definition) is 3. The third-order valence-electron chi connectivity index (χ3n) is 3.52. The summed E-state index contributed by atoms with van der Waals surface area (Å²) in [7, 11) is 2.21. The minimum absolute atomic E-state index is 0.430. The van der Waals surface area contributed by atoms with E-state index in [4.69, 9.17) is 5.73 Å². The van der Waals surface area contributed by atoms with Crippen LogP contribution in [0.15, 0.2) is 17.5 Å². The number of rotatable bonds is 4. The molecule has 1 fully saturated rings. The summed E-state index contributed by atoms with van der Waals surface area (Å²) in [6, 6.07) is 4.77. The Morgan fingerprint density at radius 3 is 2.94 bits per heavy atom. The zero-order valence-corrected chi connectivity index (χ0v) is 10.9. The van der Waals surface area contributed by atoms with Crippen molar-refractivity contribution in [1.29, 1.82) is 0 Å². The highest BCUT2D eigenvalue weighted by Gasteiger charge is 2.22. The van der Waals surface area contributed by atoms with Crippen LogP contribution in [0.5, 0.6) is 0 Å². The van der Waals surface area contributed by atoms with Gasteiger partial charge < -0.3 is 10.6 Å². The summed E-state index contributed by atoms with van der Waals surface area (Å²) in [6.45, 7) is 2.22. The topological polar surface area (TPSA) is 29.3 Å². The molecule has 90 valence electrons. The van der Waals surface area contributed by atoms with E-state index in [1.807, 2.05) is 11.3 Å². The van der Waals surface area contributed by atoms with Gasteiger partial charge in [-0.15, -0.1) is 11.3 Å². The molecule has 0 aromatic carbocycles. The van der Waals surface area contributed by atoms with Gasteiger partial charge in [0.25, 0.3) is 0 Å². The summed E-state index contributed by atoms with van der Waals surface area (Å²) in [5, 5.41) is 2.15. The molecule has 2 unspecified atom stereocenters. The molecule has 1 aliphatic rings. The fourth-order valence-electron chi connectivity index (χ4n) is 2.60. The SMILES string of the molecule is CN(Cc1cccs1)CC1CCCCC1N. The molecule has 2 N–H and O–H groups in total. The van der Waals surface area contributed by atoms with Crippen LogP contribution in [0.25, 0.3) is 0 Å². The lowest BCUT2D eigenvalue weighted by atomic mass is 9.85. The van der Waals surface area contributed by atoms with Gasteiger partial charge in [-0.05, 0) is 37.3 Å². The van der Waals surface area contributed by atoms with Crippen LogP contribution in [-0.4, -0.2) is 24.5 Å². The molecule has 0 amide bonds. The summed E-state index contributed by atoms with van der Waals surface area (Å²) in [4.78, 5) is 3.87. The molecule has 0 aliphatic heterocycles. The van der Waals surface area contributed by atoms with Crippen molar-refractivity contribution in [3.8, 4) is 0 Å². The molecular formula is C13H22N2S. The quantitative estimate of drug-likeness (QED) is 0.874. The first-order chi connectivity index (χ1) is 7.75. The monoisotopic (exact) mass is 238 g/mol. The highest BCUT2D eigenvalue weighted by atomic mass is 32.1. The first-order valence-corrected chi connectivity index (χ1v) is 7.10. The van der Waals surface area contributed by atoms with Crippen molar-refractivity contribution in [3.05, 3.63) is 22.4 Å². The lowest BCUT2D eigenvalue weighted by Crippen LogP contribution is -2.39. The number of hydrogen-bond donors (Lipinski definition) is 1. The van der Waals surface area contributed by atoms with Gasteiger partial charge >= 0.3 is 0 Å². The fourth-order valence-corrected chi connectivity index (χ4v) is 3.38. The molecule has 1 aliphatic carbocycles. The van der Waals surface area contributed by atoms with Crippen LogP contribution in [0, 0.1) is 5.92 Å². The first kappa shape index (κ1) is 12.1. The summed E-state index contributed by atoms with van der Waals surface area (Å²) < 4.78 is 0. The van der Waals surface area contributed by atoms with E-state index >= 15 is 0 Å². The molecule has 0 bridgehead atoms. The molecule has 2 nitrogen and oxygen atoms in total. The van der Waals surface area contributed by atoms with E-state index in [-0.39, 0.29) is 0 Å². The zero-order valence-electron chi connectivity index (χ0n) is 10.1. The van der Waals surface area contributed by atoms with Crippen molar-refractivity contribution in [2.75, 3.05) is 13.6 Å². The van der Waals surface area contributed by atoms with E-state index in [0.29, 0.717) is 12.0 Å². The minimum Gasteiger partial charge on any atom is -0.327 e. The van der Waals surface area contributed by atoms with Gasteiger partial charge in [-0.25, -0.2) is 0 Å². The summed E-state index contributed by atoms with van der Waals surface area (Å²) in [5.74, 6) is 0.707. The van der Waals surface area contributed by atoms with Crippen LogP contribution < -0.4 is 5.73 Å². The second kappa shape index (κ2) is 5.80. The summed E-state index contributed by atoms with van der Waals surface area (Å²) >= 11 is 1.84. The van der Waals surface area contributed by atoms with Gasteiger partial charge in [0.15, 0.2) is 0 Å².